The van der Waals surface area contributed by atoms with Crippen LogP contribution in [0.25, 0.3) is 0 Å². The minimum Gasteiger partial charge on any atom is -0.479 e. The molecule has 0 radical (unpaired) electrons. The first-order valence-corrected chi connectivity index (χ1v) is 9.08. The molecule has 1 unspecified atom stereocenters. The van der Waals surface area contributed by atoms with Gasteiger partial charge in [0.05, 0.1) is 0 Å². The van der Waals surface area contributed by atoms with Gasteiger partial charge in [0.2, 0.25) is 0 Å². The van der Waals surface area contributed by atoms with Crippen molar-refractivity contribution in [1.82, 2.24) is 4.90 Å². The Labute approximate surface area is 154 Å². The molecule has 26 heavy (non-hydrogen) atoms. The van der Waals surface area contributed by atoms with Gasteiger partial charge in [0.25, 0.3) is 0 Å². The molecule has 0 saturated carbocycles. The molecule has 1 aliphatic carbocycles. The molecule has 1 heterocycles. The Balaban J connectivity index is 1.74. The van der Waals surface area contributed by atoms with Gasteiger partial charge < -0.3 is 9.84 Å². The first-order chi connectivity index (χ1) is 12.5. The van der Waals surface area contributed by atoms with Crippen LogP contribution < -0.4 is 0 Å². The van der Waals surface area contributed by atoms with Crippen molar-refractivity contribution in [3.63, 3.8) is 0 Å². The van der Waals surface area contributed by atoms with Crippen molar-refractivity contribution in [2.24, 2.45) is 0 Å². The van der Waals surface area contributed by atoms with Gasteiger partial charge in [-0.3, -0.25) is 4.90 Å². The molecular formula is C21H25NO4. The number of ether oxygens (including phenoxy) is 1. The molecule has 2 aliphatic rings. The molecule has 1 saturated heterocycles. The lowest BCUT2D eigenvalue weighted by molar-refractivity contribution is -0.148. The van der Waals surface area contributed by atoms with Gasteiger partial charge in [-0.25, -0.2) is 9.59 Å². The summed E-state index contributed by atoms with van der Waals surface area (Å²) in [4.78, 5) is 26.2. The third-order valence-corrected chi connectivity index (χ3v) is 5.28. The summed E-state index contributed by atoms with van der Waals surface area (Å²) in [5, 5.41) is 9.96. The van der Waals surface area contributed by atoms with Crippen LogP contribution in [-0.2, 0) is 16.1 Å². The van der Waals surface area contributed by atoms with Crippen LogP contribution in [0, 0.1) is 0 Å². The number of benzene rings is 1. The van der Waals surface area contributed by atoms with E-state index in [1.807, 2.05) is 42.5 Å². The summed E-state index contributed by atoms with van der Waals surface area (Å²) in [5.41, 5.74) is 2.07. The van der Waals surface area contributed by atoms with E-state index < -0.39 is 17.6 Å². The summed E-state index contributed by atoms with van der Waals surface area (Å²) in [6, 6.07) is 9.42. The Morgan fingerprint density at radius 2 is 1.96 bits per heavy atom. The molecule has 1 fully saturated rings. The molecular weight excluding hydrogens is 330 g/mol. The Morgan fingerprint density at radius 1 is 1.19 bits per heavy atom. The predicted octanol–water partition coefficient (Wildman–Crippen LogP) is 4.30. The van der Waals surface area contributed by atoms with Crippen LogP contribution in [0.2, 0.25) is 0 Å². The molecule has 3 rings (SSSR count). The van der Waals surface area contributed by atoms with E-state index >= 15 is 0 Å². The Morgan fingerprint density at radius 3 is 2.62 bits per heavy atom. The van der Waals surface area contributed by atoms with Crippen LogP contribution in [0.4, 0.5) is 4.79 Å². The van der Waals surface area contributed by atoms with E-state index in [-0.39, 0.29) is 6.61 Å². The number of amides is 1. The van der Waals surface area contributed by atoms with E-state index in [1.165, 1.54) is 10.5 Å². The number of aliphatic carboxylic acids is 1. The summed E-state index contributed by atoms with van der Waals surface area (Å²) in [6.45, 7) is 2.64. The highest BCUT2D eigenvalue weighted by Gasteiger charge is 2.51. The molecule has 0 spiro atoms. The van der Waals surface area contributed by atoms with Gasteiger partial charge in [0.1, 0.15) is 12.1 Å². The number of likely N-dealkylation sites (tertiary alicyclic amines) is 1. The van der Waals surface area contributed by atoms with E-state index in [2.05, 4.69) is 6.92 Å². The Kier molecular flexibility index (Phi) is 5.45. The molecule has 0 bridgehead atoms. The van der Waals surface area contributed by atoms with Crippen molar-refractivity contribution < 1.29 is 19.4 Å². The zero-order valence-corrected chi connectivity index (χ0v) is 15.1. The van der Waals surface area contributed by atoms with E-state index in [0.29, 0.717) is 25.8 Å². The average molecular weight is 355 g/mol. The minimum absolute atomic E-state index is 0.149. The Hall–Kier alpha value is -2.56. The van der Waals surface area contributed by atoms with Crippen molar-refractivity contribution in [2.75, 3.05) is 6.54 Å². The number of nitrogens with zero attached hydrogens (tertiary/aromatic N) is 1. The van der Waals surface area contributed by atoms with Crippen LogP contribution in [-0.4, -0.2) is 34.2 Å². The summed E-state index contributed by atoms with van der Waals surface area (Å²) in [5.74, 6) is -0.946. The minimum atomic E-state index is -1.20. The summed E-state index contributed by atoms with van der Waals surface area (Å²) in [6.07, 6.45) is 6.81. The lowest BCUT2D eigenvalue weighted by atomic mass is 9.84. The molecule has 5 nitrogen and oxygen atoms in total. The number of carboxylic acids is 1. The normalized spacial score (nSPS) is 22.6. The summed E-state index contributed by atoms with van der Waals surface area (Å²) >= 11 is 0. The van der Waals surface area contributed by atoms with Gasteiger partial charge in [0, 0.05) is 13.0 Å². The zero-order chi connectivity index (χ0) is 18.6. The molecule has 5 heteroatoms. The van der Waals surface area contributed by atoms with E-state index in [4.69, 9.17) is 4.74 Å². The second kappa shape index (κ2) is 7.77. The molecule has 1 aliphatic heterocycles. The van der Waals surface area contributed by atoms with E-state index in [0.717, 1.165) is 24.0 Å². The summed E-state index contributed by atoms with van der Waals surface area (Å²) in [7, 11) is 0. The third-order valence-electron chi connectivity index (χ3n) is 5.28. The van der Waals surface area contributed by atoms with Crippen LogP contribution >= 0.6 is 0 Å². The number of carbonyl (C=O) groups is 2. The third kappa shape index (κ3) is 3.82. The second-order valence-electron chi connectivity index (χ2n) is 7.15. The number of hydrogen-bond acceptors (Lipinski definition) is 3. The fourth-order valence-corrected chi connectivity index (χ4v) is 3.73. The average Bonchev–Trinajstić information content (AvgIpc) is 3.07. The molecule has 138 valence electrons. The lowest BCUT2D eigenvalue weighted by Gasteiger charge is -2.35. The number of carboxylic acid groups (broad SMARTS) is 1. The van der Waals surface area contributed by atoms with Crippen molar-refractivity contribution in [3.05, 3.63) is 59.2 Å². The lowest BCUT2D eigenvalue weighted by Crippen LogP contribution is -2.53. The van der Waals surface area contributed by atoms with Gasteiger partial charge in [0.15, 0.2) is 0 Å². The largest absolute Gasteiger partial charge is 0.479 e. The fourth-order valence-electron chi connectivity index (χ4n) is 3.73. The maximum atomic E-state index is 12.6. The molecule has 1 N–H and O–H groups in total. The standard InChI is InChI=1S/C21H25NO4/c1-16-8-10-17(11-9-16)14-21(19(23)24)12-5-13-22(21)20(25)26-15-18-6-3-2-4-7-18/h2-4,6-8,10H,5,9,11-15H2,1H3,(H,23,24). The van der Waals surface area contributed by atoms with Crippen LogP contribution in [0.5, 0.6) is 0 Å². The van der Waals surface area contributed by atoms with Gasteiger partial charge in [-0.1, -0.05) is 53.6 Å². The van der Waals surface area contributed by atoms with Crippen LogP contribution in [0.1, 0.15) is 44.6 Å². The summed E-state index contributed by atoms with van der Waals surface area (Å²) < 4.78 is 5.42. The quantitative estimate of drug-likeness (QED) is 0.855. The van der Waals surface area contributed by atoms with Crippen molar-refractivity contribution in [2.45, 2.75) is 51.2 Å². The van der Waals surface area contributed by atoms with E-state index in [9.17, 15) is 14.7 Å². The zero-order valence-electron chi connectivity index (χ0n) is 15.1. The SMILES string of the molecule is CC1=CC=C(CC2(C(=O)O)CCCN2C(=O)OCc2ccccc2)CC1. The maximum absolute atomic E-state index is 12.6. The highest BCUT2D eigenvalue weighted by atomic mass is 16.6. The first-order valence-electron chi connectivity index (χ1n) is 9.08. The fraction of sp³-hybridized carbons (Fsp3) is 0.429. The number of carbonyl (C=O) groups excluding carboxylic acids is 1. The molecule has 1 atom stereocenters. The number of rotatable bonds is 5. The number of allylic oxidation sites excluding steroid dienone is 3. The molecule has 1 amide bonds. The van der Waals surface area contributed by atoms with Gasteiger partial charge in [-0.15, -0.1) is 0 Å². The first kappa shape index (κ1) is 18.2. The van der Waals surface area contributed by atoms with Crippen LogP contribution in [0.3, 0.4) is 0 Å². The van der Waals surface area contributed by atoms with Crippen LogP contribution in [0.15, 0.2) is 53.6 Å². The topological polar surface area (TPSA) is 66.8 Å². The van der Waals surface area contributed by atoms with Crippen molar-refractivity contribution in [1.29, 1.82) is 0 Å². The van der Waals surface area contributed by atoms with Gasteiger partial charge in [-0.2, -0.15) is 0 Å². The second-order valence-corrected chi connectivity index (χ2v) is 7.15. The smallest absolute Gasteiger partial charge is 0.411 e. The van der Waals surface area contributed by atoms with E-state index in [1.54, 1.807) is 0 Å². The monoisotopic (exact) mass is 355 g/mol. The highest BCUT2D eigenvalue weighted by Crippen LogP contribution is 2.38. The van der Waals surface area contributed by atoms with Crippen molar-refractivity contribution >= 4 is 12.1 Å². The highest BCUT2D eigenvalue weighted by molar-refractivity contribution is 5.85. The molecule has 0 aromatic heterocycles. The molecule has 1 aromatic carbocycles. The maximum Gasteiger partial charge on any atom is 0.411 e. The number of hydrogen-bond donors (Lipinski definition) is 1. The van der Waals surface area contributed by atoms with Crippen molar-refractivity contribution in [3.8, 4) is 0 Å². The van der Waals surface area contributed by atoms with Gasteiger partial charge >= 0.3 is 12.1 Å². The predicted molar refractivity (Wildman–Crippen MR) is 98.6 cm³/mol. The molecule has 1 aromatic rings. The Bertz CT molecular complexity index is 738. The van der Waals surface area contributed by atoms with Gasteiger partial charge in [-0.05, 0) is 38.2 Å².